The molecule has 1 saturated heterocycles. The van der Waals surface area contributed by atoms with Crippen LogP contribution in [0.25, 0.3) is 11.0 Å². The first kappa shape index (κ1) is 27.7. The Balaban J connectivity index is 0.00000172. The maximum absolute atomic E-state index is 6.16. The highest BCUT2D eigenvalue weighted by atomic mass is 16.5. The van der Waals surface area contributed by atoms with Crippen molar-refractivity contribution in [2.75, 3.05) is 42.3 Å². The van der Waals surface area contributed by atoms with Crippen molar-refractivity contribution in [1.29, 1.82) is 0 Å². The molecule has 3 heterocycles. The second-order valence-electron chi connectivity index (χ2n) is 9.36. The zero-order chi connectivity index (χ0) is 27.9. The van der Waals surface area contributed by atoms with Crippen molar-refractivity contribution in [3.05, 3.63) is 54.5 Å². The fourth-order valence-electron chi connectivity index (χ4n) is 4.37. The first-order chi connectivity index (χ1) is 18.9. The third kappa shape index (κ3) is 6.40. The van der Waals surface area contributed by atoms with Gasteiger partial charge in [0.25, 0.3) is 0 Å². The number of benzene rings is 2. The Hall–Kier alpha value is -4.31. The summed E-state index contributed by atoms with van der Waals surface area (Å²) in [6, 6.07) is 11.9. The number of nitrogens with one attached hydrogen (secondary N) is 1. The smallest absolute Gasteiger partial charge is 0.226 e. The normalized spacial score (nSPS) is 13.4. The minimum absolute atomic E-state index is 0.241. The fourth-order valence-corrected chi connectivity index (χ4v) is 4.37. The first-order valence-corrected chi connectivity index (χ1v) is 13.2. The quantitative estimate of drug-likeness (QED) is 0.295. The van der Waals surface area contributed by atoms with Gasteiger partial charge < -0.3 is 25.6 Å². The summed E-state index contributed by atoms with van der Waals surface area (Å²) >= 11 is 0. The Morgan fingerprint density at radius 1 is 1.08 bits per heavy atom. The molecule has 4 aromatic rings. The van der Waals surface area contributed by atoms with Crippen LogP contribution in [0.15, 0.2) is 53.9 Å². The second kappa shape index (κ2) is 12.5. The largest absolute Gasteiger partial charge is 0.457 e. The van der Waals surface area contributed by atoms with Crippen LogP contribution >= 0.6 is 0 Å². The lowest BCUT2D eigenvalue weighted by Crippen LogP contribution is -2.40. The van der Waals surface area contributed by atoms with Crippen LogP contribution in [0.4, 0.5) is 28.8 Å². The van der Waals surface area contributed by atoms with Crippen molar-refractivity contribution in [3.8, 4) is 11.5 Å². The van der Waals surface area contributed by atoms with E-state index < -0.39 is 0 Å². The minimum atomic E-state index is 0.241. The minimum Gasteiger partial charge on any atom is -0.457 e. The van der Waals surface area contributed by atoms with Gasteiger partial charge in [-0.15, -0.1) is 0 Å². The van der Waals surface area contributed by atoms with Crippen LogP contribution in [0.2, 0.25) is 0 Å². The number of aromatic nitrogens is 4. The number of ether oxygens (including phenoxy) is 1. The van der Waals surface area contributed by atoms with E-state index in [1.54, 1.807) is 6.20 Å². The molecule has 204 valence electrons. The molecule has 0 atom stereocenters. The summed E-state index contributed by atoms with van der Waals surface area (Å²) < 4.78 is 6.16. The standard InChI is InChI=1S/C27H31N9O.C2H6/c1-17-13-19(5-8-24(17)37-20-6-7-23(35(3)4)21(14-20)29-2)33-26-25-22(31-16-32-26)15-30-27(34-25)36-11-9-18(28)10-12-36;1-2/h5-8,13-16,18H,2,9-12,28H2,1,3-4H3,(H,31,32,33);1-2H3. The van der Waals surface area contributed by atoms with Gasteiger partial charge in [0.05, 0.1) is 17.6 Å². The SMILES string of the molecule is C=Nc1cc(Oc2ccc(Nc3ncnc4cnc(N5CCC(N)CC5)nc34)cc2C)ccc1N(C)C.CC. The highest BCUT2D eigenvalue weighted by molar-refractivity contribution is 5.87. The van der Waals surface area contributed by atoms with Gasteiger partial charge >= 0.3 is 0 Å². The van der Waals surface area contributed by atoms with E-state index in [4.69, 9.17) is 15.5 Å². The van der Waals surface area contributed by atoms with Crippen molar-refractivity contribution in [3.63, 3.8) is 0 Å². The molecule has 0 saturated carbocycles. The molecule has 39 heavy (non-hydrogen) atoms. The number of nitrogens with two attached hydrogens (primary N) is 1. The molecule has 5 rings (SSSR count). The fraction of sp³-hybridized carbons (Fsp3) is 0.345. The first-order valence-electron chi connectivity index (χ1n) is 13.2. The number of anilines is 4. The molecule has 0 unspecified atom stereocenters. The van der Waals surface area contributed by atoms with E-state index in [1.165, 1.54) is 6.33 Å². The van der Waals surface area contributed by atoms with Gasteiger partial charge in [0.2, 0.25) is 5.95 Å². The van der Waals surface area contributed by atoms with Gasteiger partial charge in [-0.3, -0.25) is 4.99 Å². The van der Waals surface area contributed by atoms with Crippen molar-refractivity contribution in [2.45, 2.75) is 39.7 Å². The Morgan fingerprint density at radius 3 is 2.54 bits per heavy atom. The van der Waals surface area contributed by atoms with Gasteiger partial charge in [-0.25, -0.2) is 19.9 Å². The lowest BCUT2D eigenvalue weighted by molar-refractivity contribution is 0.479. The van der Waals surface area contributed by atoms with Crippen LogP contribution in [0.1, 0.15) is 32.3 Å². The number of hydrogen-bond acceptors (Lipinski definition) is 10. The van der Waals surface area contributed by atoms with Crippen molar-refractivity contribution < 1.29 is 4.74 Å². The molecule has 2 aromatic carbocycles. The van der Waals surface area contributed by atoms with E-state index in [2.05, 4.69) is 36.9 Å². The van der Waals surface area contributed by atoms with E-state index >= 15 is 0 Å². The molecule has 0 spiro atoms. The predicted molar refractivity (Wildman–Crippen MR) is 160 cm³/mol. The highest BCUT2D eigenvalue weighted by Gasteiger charge is 2.19. The molecule has 0 radical (unpaired) electrons. The van der Waals surface area contributed by atoms with Crippen molar-refractivity contribution in [2.24, 2.45) is 10.7 Å². The molecule has 2 aromatic heterocycles. The summed E-state index contributed by atoms with van der Waals surface area (Å²) in [4.78, 5) is 26.4. The number of aryl methyl sites for hydroxylation is 1. The lowest BCUT2D eigenvalue weighted by Gasteiger charge is -2.30. The number of piperidine rings is 1. The number of rotatable bonds is 7. The van der Waals surface area contributed by atoms with Crippen LogP contribution in [-0.4, -0.2) is 59.9 Å². The summed E-state index contributed by atoms with van der Waals surface area (Å²) in [5.74, 6) is 2.74. The van der Waals surface area contributed by atoms with Crippen LogP contribution in [0, 0.1) is 6.92 Å². The lowest BCUT2D eigenvalue weighted by atomic mass is 10.1. The molecular weight excluding hydrogens is 490 g/mol. The third-order valence-electron chi connectivity index (χ3n) is 6.45. The third-order valence-corrected chi connectivity index (χ3v) is 6.45. The van der Waals surface area contributed by atoms with E-state index in [9.17, 15) is 0 Å². The molecule has 0 amide bonds. The molecule has 10 heteroatoms. The van der Waals surface area contributed by atoms with E-state index in [0.717, 1.165) is 54.3 Å². The molecule has 0 bridgehead atoms. The molecule has 1 aliphatic rings. The summed E-state index contributed by atoms with van der Waals surface area (Å²) in [5, 5.41) is 3.39. The van der Waals surface area contributed by atoms with Crippen molar-refractivity contribution in [1.82, 2.24) is 19.9 Å². The van der Waals surface area contributed by atoms with Crippen LogP contribution in [0.5, 0.6) is 11.5 Å². The van der Waals surface area contributed by atoms with Crippen LogP contribution in [-0.2, 0) is 0 Å². The zero-order valence-corrected chi connectivity index (χ0v) is 23.3. The molecule has 1 aliphatic heterocycles. The Kier molecular flexibility index (Phi) is 8.88. The number of nitrogens with zero attached hydrogens (tertiary/aromatic N) is 7. The van der Waals surface area contributed by atoms with Gasteiger partial charge in [-0.2, -0.15) is 0 Å². The summed E-state index contributed by atoms with van der Waals surface area (Å²) in [6.45, 7) is 11.4. The van der Waals surface area contributed by atoms with E-state index in [0.29, 0.717) is 28.5 Å². The molecule has 1 fully saturated rings. The van der Waals surface area contributed by atoms with Crippen molar-refractivity contribution >= 4 is 46.6 Å². The molecular formula is C29H37N9O. The highest BCUT2D eigenvalue weighted by Crippen LogP contribution is 2.35. The monoisotopic (exact) mass is 527 g/mol. The zero-order valence-electron chi connectivity index (χ0n) is 23.3. The van der Waals surface area contributed by atoms with Gasteiger partial charge in [-0.1, -0.05) is 13.8 Å². The molecule has 10 nitrogen and oxygen atoms in total. The Bertz CT molecular complexity index is 1430. The van der Waals surface area contributed by atoms with Crippen LogP contribution in [0.3, 0.4) is 0 Å². The maximum Gasteiger partial charge on any atom is 0.226 e. The second-order valence-corrected chi connectivity index (χ2v) is 9.36. The summed E-state index contributed by atoms with van der Waals surface area (Å²) in [7, 11) is 3.94. The molecule has 3 N–H and O–H groups in total. The predicted octanol–water partition coefficient (Wildman–Crippen LogP) is 5.62. The average Bonchev–Trinajstić information content (AvgIpc) is 2.96. The summed E-state index contributed by atoms with van der Waals surface area (Å²) in [6.07, 6.45) is 5.11. The number of aliphatic imine (C=N–C) groups is 1. The van der Waals surface area contributed by atoms with Gasteiger partial charge in [0.15, 0.2) is 5.82 Å². The number of hydrogen-bond donors (Lipinski definition) is 2. The van der Waals surface area contributed by atoms with E-state index in [-0.39, 0.29) is 6.04 Å². The Morgan fingerprint density at radius 2 is 1.85 bits per heavy atom. The topological polar surface area (TPSA) is 118 Å². The van der Waals surface area contributed by atoms with Gasteiger partial charge in [-0.05, 0) is 62.4 Å². The number of fused-ring (bicyclic) bond motifs is 1. The Labute approximate surface area is 230 Å². The average molecular weight is 528 g/mol. The van der Waals surface area contributed by atoms with Gasteiger partial charge in [0.1, 0.15) is 28.9 Å². The van der Waals surface area contributed by atoms with Gasteiger partial charge in [0, 0.05) is 45.0 Å². The molecule has 0 aliphatic carbocycles. The van der Waals surface area contributed by atoms with Crippen LogP contribution < -0.4 is 25.6 Å². The van der Waals surface area contributed by atoms with E-state index in [1.807, 2.05) is 76.2 Å². The maximum atomic E-state index is 6.16. The summed E-state index contributed by atoms with van der Waals surface area (Å²) in [5.41, 5.74) is 11.0.